The summed E-state index contributed by atoms with van der Waals surface area (Å²) in [7, 11) is 0. The van der Waals surface area contributed by atoms with Crippen molar-refractivity contribution in [2.24, 2.45) is 0 Å². The molecule has 0 radical (unpaired) electrons. The molecule has 16 heavy (non-hydrogen) atoms. The van der Waals surface area contributed by atoms with Crippen LogP contribution in [0.25, 0.3) is 0 Å². The van der Waals surface area contributed by atoms with E-state index in [1.807, 2.05) is 12.1 Å². The number of aliphatic hydroxyl groups is 1. The van der Waals surface area contributed by atoms with Crippen LogP contribution < -0.4 is 4.74 Å². The zero-order chi connectivity index (χ0) is 11.6. The fourth-order valence-electron chi connectivity index (χ4n) is 1.32. The number of pyridine rings is 1. The second-order valence-electron chi connectivity index (χ2n) is 3.57. The molecule has 1 aromatic rings. The van der Waals surface area contributed by atoms with E-state index in [1.54, 1.807) is 12.4 Å². The Morgan fingerprint density at radius 3 is 3.00 bits per heavy atom. The number of ether oxygens (including phenoxy) is 1. The lowest BCUT2D eigenvalue weighted by atomic mass is 10.1. The number of hydrogen-bond acceptors (Lipinski definition) is 3. The van der Waals surface area contributed by atoms with E-state index in [9.17, 15) is 0 Å². The Labute approximate surface area is 96.5 Å². The third-order valence-electron chi connectivity index (χ3n) is 2.22. The molecule has 1 heterocycles. The van der Waals surface area contributed by atoms with Gasteiger partial charge in [-0.25, -0.2) is 0 Å². The minimum absolute atomic E-state index is 0.598. The molecule has 1 N–H and O–H groups in total. The highest BCUT2D eigenvalue weighted by Crippen LogP contribution is 2.08. The number of rotatable bonds is 7. The van der Waals surface area contributed by atoms with Crippen LogP contribution in [0.3, 0.4) is 0 Å². The fourth-order valence-corrected chi connectivity index (χ4v) is 1.32. The van der Waals surface area contributed by atoms with Crippen molar-refractivity contribution in [3.8, 4) is 18.1 Å². The first-order valence-electron chi connectivity index (χ1n) is 5.50. The molecule has 0 saturated heterocycles. The molecule has 3 heteroatoms. The first kappa shape index (κ1) is 12.5. The van der Waals surface area contributed by atoms with Crippen molar-refractivity contribution in [1.29, 1.82) is 0 Å². The second kappa shape index (κ2) is 7.72. The van der Waals surface area contributed by atoms with E-state index >= 15 is 0 Å². The summed E-state index contributed by atoms with van der Waals surface area (Å²) in [4.78, 5) is 3.95. The Kier molecular flexibility index (Phi) is 6.05. The molecule has 0 saturated carbocycles. The molecule has 0 bridgehead atoms. The van der Waals surface area contributed by atoms with Gasteiger partial charge in [0.1, 0.15) is 11.9 Å². The van der Waals surface area contributed by atoms with Crippen molar-refractivity contribution in [1.82, 2.24) is 4.98 Å². The highest BCUT2D eigenvalue weighted by molar-refractivity contribution is 5.15. The van der Waals surface area contributed by atoms with Crippen LogP contribution in [0, 0.1) is 12.3 Å². The lowest BCUT2D eigenvalue weighted by molar-refractivity contribution is 0.215. The number of hydrogen-bond donors (Lipinski definition) is 1. The van der Waals surface area contributed by atoms with E-state index in [-0.39, 0.29) is 0 Å². The molecular formula is C13H17NO2. The van der Waals surface area contributed by atoms with E-state index in [0.717, 1.165) is 25.0 Å². The third kappa shape index (κ3) is 5.38. The molecule has 0 fully saturated rings. The van der Waals surface area contributed by atoms with E-state index < -0.39 is 6.10 Å². The van der Waals surface area contributed by atoms with Gasteiger partial charge < -0.3 is 9.84 Å². The SMILES string of the molecule is C#CC(O)CCCCCOc1cccnc1. The molecular weight excluding hydrogens is 202 g/mol. The molecule has 0 aliphatic carbocycles. The first-order valence-corrected chi connectivity index (χ1v) is 5.50. The van der Waals surface area contributed by atoms with Crippen LogP contribution in [-0.2, 0) is 0 Å². The Bertz CT molecular complexity index is 318. The summed E-state index contributed by atoms with van der Waals surface area (Å²) in [6.07, 6.45) is 11.5. The summed E-state index contributed by atoms with van der Waals surface area (Å²) in [5.41, 5.74) is 0. The number of aliphatic hydroxyl groups excluding tert-OH is 1. The van der Waals surface area contributed by atoms with Gasteiger partial charge in [0.05, 0.1) is 12.8 Å². The quantitative estimate of drug-likeness (QED) is 0.563. The van der Waals surface area contributed by atoms with Crippen molar-refractivity contribution in [3.05, 3.63) is 24.5 Å². The fraction of sp³-hybridized carbons (Fsp3) is 0.462. The van der Waals surface area contributed by atoms with Gasteiger partial charge in [0.25, 0.3) is 0 Å². The average Bonchev–Trinajstić information content (AvgIpc) is 2.34. The standard InChI is InChI=1S/C13H17NO2/c1-2-12(15)7-4-3-5-10-16-13-8-6-9-14-11-13/h1,6,8-9,11-12,15H,3-5,7,10H2. The molecule has 1 atom stereocenters. The molecule has 0 aliphatic rings. The Morgan fingerprint density at radius 1 is 1.44 bits per heavy atom. The van der Waals surface area contributed by atoms with Crippen molar-refractivity contribution in [3.63, 3.8) is 0 Å². The predicted octanol–water partition coefficient (Wildman–Crippen LogP) is 2.01. The maximum atomic E-state index is 9.12. The minimum atomic E-state index is -0.598. The summed E-state index contributed by atoms with van der Waals surface area (Å²) in [6, 6.07) is 3.73. The zero-order valence-corrected chi connectivity index (χ0v) is 9.30. The van der Waals surface area contributed by atoms with Gasteiger partial charge in [-0.3, -0.25) is 4.98 Å². The molecule has 0 spiro atoms. The first-order chi connectivity index (χ1) is 7.83. The average molecular weight is 219 g/mol. The number of terminal acetylenes is 1. The lowest BCUT2D eigenvalue weighted by Gasteiger charge is -2.05. The van der Waals surface area contributed by atoms with Crippen molar-refractivity contribution >= 4 is 0 Å². The van der Waals surface area contributed by atoms with Gasteiger partial charge in [-0.2, -0.15) is 0 Å². The monoisotopic (exact) mass is 219 g/mol. The van der Waals surface area contributed by atoms with Crippen LogP contribution in [-0.4, -0.2) is 22.8 Å². The minimum Gasteiger partial charge on any atom is -0.492 e. The molecule has 1 unspecified atom stereocenters. The summed E-state index contributed by atoms with van der Waals surface area (Å²) in [5.74, 6) is 3.10. The summed E-state index contributed by atoms with van der Waals surface area (Å²) in [5, 5.41) is 9.12. The smallest absolute Gasteiger partial charge is 0.137 e. The molecule has 0 aromatic carbocycles. The van der Waals surface area contributed by atoms with Gasteiger partial charge in [-0.05, 0) is 37.8 Å². The summed E-state index contributed by atoms with van der Waals surface area (Å²) < 4.78 is 5.47. The second-order valence-corrected chi connectivity index (χ2v) is 3.57. The van der Waals surface area contributed by atoms with Gasteiger partial charge in [0, 0.05) is 6.20 Å². The maximum Gasteiger partial charge on any atom is 0.137 e. The van der Waals surface area contributed by atoms with Gasteiger partial charge in [0.15, 0.2) is 0 Å². The predicted molar refractivity (Wildman–Crippen MR) is 63.0 cm³/mol. The molecule has 0 amide bonds. The summed E-state index contributed by atoms with van der Waals surface area (Å²) >= 11 is 0. The number of aromatic nitrogens is 1. The van der Waals surface area contributed by atoms with Gasteiger partial charge in [0.2, 0.25) is 0 Å². The van der Waals surface area contributed by atoms with Crippen LogP contribution in [0.1, 0.15) is 25.7 Å². The normalized spacial score (nSPS) is 11.8. The van der Waals surface area contributed by atoms with Gasteiger partial charge >= 0.3 is 0 Å². The Hall–Kier alpha value is -1.53. The molecule has 1 rings (SSSR count). The summed E-state index contributed by atoms with van der Waals surface area (Å²) in [6.45, 7) is 0.678. The molecule has 0 aliphatic heterocycles. The topological polar surface area (TPSA) is 42.4 Å². The van der Waals surface area contributed by atoms with Crippen LogP contribution in [0.4, 0.5) is 0 Å². The van der Waals surface area contributed by atoms with E-state index in [4.69, 9.17) is 16.3 Å². The van der Waals surface area contributed by atoms with Crippen LogP contribution in [0.2, 0.25) is 0 Å². The lowest BCUT2D eigenvalue weighted by Crippen LogP contribution is -2.02. The Balaban J connectivity index is 1.99. The third-order valence-corrected chi connectivity index (χ3v) is 2.22. The maximum absolute atomic E-state index is 9.12. The van der Waals surface area contributed by atoms with E-state index in [2.05, 4.69) is 10.9 Å². The number of unbranched alkanes of at least 4 members (excludes halogenated alkanes) is 2. The van der Waals surface area contributed by atoms with Crippen LogP contribution in [0.15, 0.2) is 24.5 Å². The number of nitrogens with zero attached hydrogens (tertiary/aromatic N) is 1. The molecule has 3 nitrogen and oxygen atoms in total. The highest BCUT2D eigenvalue weighted by Gasteiger charge is 1.98. The molecule has 1 aromatic heterocycles. The van der Waals surface area contributed by atoms with Gasteiger partial charge in [-0.15, -0.1) is 6.42 Å². The van der Waals surface area contributed by atoms with Crippen LogP contribution in [0.5, 0.6) is 5.75 Å². The van der Waals surface area contributed by atoms with Crippen LogP contribution >= 0.6 is 0 Å². The highest BCUT2D eigenvalue weighted by atomic mass is 16.5. The van der Waals surface area contributed by atoms with Gasteiger partial charge in [-0.1, -0.05) is 5.92 Å². The van der Waals surface area contributed by atoms with E-state index in [1.165, 1.54) is 0 Å². The largest absolute Gasteiger partial charge is 0.492 e. The molecule has 86 valence electrons. The zero-order valence-electron chi connectivity index (χ0n) is 9.30. The Morgan fingerprint density at radius 2 is 2.31 bits per heavy atom. The van der Waals surface area contributed by atoms with Crippen molar-refractivity contribution in [2.75, 3.05) is 6.61 Å². The van der Waals surface area contributed by atoms with Crippen molar-refractivity contribution in [2.45, 2.75) is 31.8 Å². The van der Waals surface area contributed by atoms with E-state index in [0.29, 0.717) is 13.0 Å². The van der Waals surface area contributed by atoms with Crippen molar-refractivity contribution < 1.29 is 9.84 Å².